The van der Waals surface area contributed by atoms with Crippen molar-refractivity contribution < 1.29 is 9.26 Å². The van der Waals surface area contributed by atoms with Crippen molar-refractivity contribution in [2.75, 3.05) is 0 Å². The summed E-state index contributed by atoms with van der Waals surface area (Å²) in [6.45, 7) is 1.22. The Kier molecular flexibility index (Phi) is 3.39. The number of ether oxygens (including phenoxy) is 1. The number of nitrogens with zero attached hydrogens (tertiary/aromatic N) is 1. The van der Waals surface area contributed by atoms with Gasteiger partial charge in [-0.1, -0.05) is 11.2 Å². The molecular formula is C17H20N2O2. The van der Waals surface area contributed by atoms with E-state index in [-0.39, 0.29) is 0 Å². The Morgan fingerprint density at radius 2 is 2.10 bits per heavy atom. The molecule has 0 aliphatic heterocycles. The van der Waals surface area contributed by atoms with Crippen molar-refractivity contribution in [3.05, 3.63) is 46.8 Å². The van der Waals surface area contributed by atoms with E-state index in [0.717, 1.165) is 23.7 Å². The molecule has 4 heteroatoms. The molecule has 1 fully saturated rings. The van der Waals surface area contributed by atoms with Crippen molar-refractivity contribution in [1.29, 1.82) is 0 Å². The minimum absolute atomic E-state index is 0.440. The van der Waals surface area contributed by atoms with Crippen LogP contribution in [0.5, 0.6) is 5.75 Å². The lowest BCUT2D eigenvalue weighted by molar-refractivity contribution is 0.248. The monoisotopic (exact) mass is 284 g/mol. The van der Waals surface area contributed by atoms with Crippen molar-refractivity contribution in [2.45, 2.75) is 51.3 Å². The van der Waals surface area contributed by atoms with Crippen LogP contribution in [0, 0.1) is 0 Å². The molecule has 4 nitrogen and oxygen atoms in total. The molecule has 1 aromatic heterocycles. The molecule has 110 valence electrons. The van der Waals surface area contributed by atoms with Gasteiger partial charge in [0.15, 0.2) is 5.76 Å². The van der Waals surface area contributed by atoms with Gasteiger partial charge in [0.05, 0.1) is 5.69 Å². The van der Waals surface area contributed by atoms with Gasteiger partial charge in [0.25, 0.3) is 0 Å². The SMILES string of the molecule is c1cc2c(cc1OCc1cc(CNC3CC3)no1)CCC2. The average molecular weight is 284 g/mol. The van der Waals surface area contributed by atoms with Crippen molar-refractivity contribution in [3.63, 3.8) is 0 Å². The highest BCUT2D eigenvalue weighted by molar-refractivity contribution is 5.38. The van der Waals surface area contributed by atoms with Gasteiger partial charge in [0, 0.05) is 18.7 Å². The molecule has 0 amide bonds. The topological polar surface area (TPSA) is 47.3 Å². The lowest BCUT2D eigenvalue weighted by Crippen LogP contribution is -2.15. The number of nitrogens with one attached hydrogen (secondary N) is 1. The standard InChI is InChI=1S/C17H20N2O2/c1-2-12-4-7-16(8-13(12)3-1)20-11-17-9-15(19-21-17)10-18-14-5-6-14/h4,7-9,14,18H,1-3,5-6,10-11H2. The van der Waals surface area contributed by atoms with E-state index in [1.807, 2.05) is 6.07 Å². The Labute approximate surface area is 124 Å². The molecule has 0 saturated heterocycles. The van der Waals surface area contributed by atoms with E-state index >= 15 is 0 Å². The van der Waals surface area contributed by atoms with Crippen LogP contribution < -0.4 is 10.1 Å². The van der Waals surface area contributed by atoms with Crippen LogP contribution in [0.15, 0.2) is 28.8 Å². The molecule has 1 saturated carbocycles. The third kappa shape index (κ3) is 3.10. The minimum atomic E-state index is 0.440. The van der Waals surface area contributed by atoms with Crippen LogP contribution in [-0.2, 0) is 26.0 Å². The van der Waals surface area contributed by atoms with Crippen LogP contribution in [-0.4, -0.2) is 11.2 Å². The van der Waals surface area contributed by atoms with Gasteiger partial charge in [0.2, 0.25) is 0 Å². The molecule has 0 radical (unpaired) electrons. The molecular weight excluding hydrogens is 264 g/mol. The second kappa shape index (κ2) is 5.53. The first kappa shape index (κ1) is 12.9. The summed E-state index contributed by atoms with van der Waals surface area (Å²) in [6.07, 6.45) is 6.21. The van der Waals surface area contributed by atoms with E-state index < -0.39 is 0 Å². The van der Waals surface area contributed by atoms with E-state index in [4.69, 9.17) is 9.26 Å². The Morgan fingerprint density at radius 3 is 3.00 bits per heavy atom. The highest BCUT2D eigenvalue weighted by Gasteiger charge is 2.20. The summed E-state index contributed by atoms with van der Waals surface area (Å²) in [5, 5.41) is 7.49. The Morgan fingerprint density at radius 1 is 1.19 bits per heavy atom. The van der Waals surface area contributed by atoms with Gasteiger partial charge in [-0.25, -0.2) is 0 Å². The zero-order valence-electron chi connectivity index (χ0n) is 12.1. The third-order valence-electron chi connectivity index (χ3n) is 4.21. The smallest absolute Gasteiger partial charge is 0.174 e. The predicted molar refractivity (Wildman–Crippen MR) is 79.2 cm³/mol. The molecule has 21 heavy (non-hydrogen) atoms. The first-order chi connectivity index (χ1) is 10.4. The van der Waals surface area contributed by atoms with E-state index in [0.29, 0.717) is 12.6 Å². The first-order valence-electron chi connectivity index (χ1n) is 7.79. The van der Waals surface area contributed by atoms with Gasteiger partial charge in [-0.15, -0.1) is 0 Å². The number of aryl methyl sites for hydroxylation is 2. The Balaban J connectivity index is 1.33. The van der Waals surface area contributed by atoms with Crippen LogP contribution in [0.3, 0.4) is 0 Å². The van der Waals surface area contributed by atoms with E-state index in [1.54, 1.807) is 0 Å². The minimum Gasteiger partial charge on any atom is -0.486 e. The van der Waals surface area contributed by atoms with E-state index in [2.05, 4.69) is 28.7 Å². The summed E-state index contributed by atoms with van der Waals surface area (Å²) < 4.78 is 11.1. The molecule has 1 aromatic carbocycles. The maximum absolute atomic E-state index is 5.81. The van der Waals surface area contributed by atoms with Crippen LogP contribution >= 0.6 is 0 Å². The van der Waals surface area contributed by atoms with Crippen LogP contribution in [0.1, 0.15) is 41.8 Å². The summed E-state index contributed by atoms with van der Waals surface area (Å²) in [6, 6.07) is 9.06. The quantitative estimate of drug-likeness (QED) is 0.886. The van der Waals surface area contributed by atoms with Crippen LogP contribution in [0.4, 0.5) is 0 Å². The van der Waals surface area contributed by atoms with Crippen molar-refractivity contribution in [3.8, 4) is 5.75 Å². The number of fused-ring (bicyclic) bond motifs is 1. The second-order valence-corrected chi connectivity index (χ2v) is 6.01. The third-order valence-corrected chi connectivity index (χ3v) is 4.21. The van der Waals surface area contributed by atoms with Gasteiger partial charge in [-0.05, 0) is 55.4 Å². The molecule has 2 aromatic rings. The maximum Gasteiger partial charge on any atom is 0.174 e. The Bertz CT molecular complexity index is 631. The highest BCUT2D eigenvalue weighted by atomic mass is 16.5. The summed E-state index contributed by atoms with van der Waals surface area (Å²) in [7, 11) is 0. The van der Waals surface area contributed by atoms with E-state index in [1.165, 1.54) is 43.2 Å². The summed E-state index contributed by atoms with van der Waals surface area (Å²) in [4.78, 5) is 0. The van der Waals surface area contributed by atoms with E-state index in [9.17, 15) is 0 Å². The summed E-state index contributed by atoms with van der Waals surface area (Å²) >= 11 is 0. The number of aromatic nitrogens is 1. The van der Waals surface area contributed by atoms with Gasteiger partial charge in [-0.3, -0.25) is 0 Å². The highest BCUT2D eigenvalue weighted by Crippen LogP contribution is 2.26. The van der Waals surface area contributed by atoms with Crippen molar-refractivity contribution in [1.82, 2.24) is 10.5 Å². The zero-order chi connectivity index (χ0) is 14.1. The average Bonchev–Trinajstić information content (AvgIpc) is 3.04. The van der Waals surface area contributed by atoms with Gasteiger partial charge in [-0.2, -0.15) is 0 Å². The van der Waals surface area contributed by atoms with Gasteiger partial charge < -0.3 is 14.6 Å². The Hall–Kier alpha value is -1.81. The zero-order valence-corrected chi connectivity index (χ0v) is 12.1. The number of rotatable bonds is 6. The van der Waals surface area contributed by atoms with Crippen LogP contribution in [0.2, 0.25) is 0 Å². The van der Waals surface area contributed by atoms with Crippen molar-refractivity contribution in [2.24, 2.45) is 0 Å². The van der Waals surface area contributed by atoms with Crippen LogP contribution in [0.25, 0.3) is 0 Å². The fourth-order valence-electron chi connectivity index (χ4n) is 2.84. The molecule has 2 aliphatic rings. The lowest BCUT2D eigenvalue weighted by Gasteiger charge is -2.06. The molecule has 0 spiro atoms. The first-order valence-corrected chi connectivity index (χ1v) is 7.79. The molecule has 0 atom stereocenters. The fraction of sp³-hybridized carbons (Fsp3) is 0.471. The fourth-order valence-corrected chi connectivity index (χ4v) is 2.84. The molecule has 1 heterocycles. The summed E-state index contributed by atoms with van der Waals surface area (Å²) in [5.74, 6) is 1.70. The number of hydrogen-bond donors (Lipinski definition) is 1. The van der Waals surface area contributed by atoms with Gasteiger partial charge in [0.1, 0.15) is 12.4 Å². The molecule has 0 unspecified atom stereocenters. The number of benzene rings is 1. The largest absolute Gasteiger partial charge is 0.486 e. The number of hydrogen-bond acceptors (Lipinski definition) is 4. The lowest BCUT2D eigenvalue weighted by atomic mass is 10.1. The normalized spacial score (nSPS) is 17.0. The summed E-state index contributed by atoms with van der Waals surface area (Å²) in [5.41, 5.74) is 3.85. The molecule has 1 N–H and O–H groups in total. The maximum atomic E-state index is 5.81. The van der Waals surface area contributed by atoms with Gasteiger partial charge >= 0.3 is 0 Å². The predicted octanol–water partition coefficient (Wildman–Crippen LogP) is 2.99. The van der Waals surface area contributed by atoms with Crippen molar-refractivity contribution >= 4 is 0 Å². The molecule has 4 rings (SSSR count). The molecule has 0 bridgehead atoms. The second-order valence-electron chi connectivity index (χ2n) is 6.01. The molecule has 2 aliphatic carbocycles.